The van der Waals surface area contributed by atoms with Crippen LogP contribution in [0.4, 0.5) is 10.2 Å². The lowest BCUT2D eigenvalue weighted by molar-refractivity contribution is 0.620. The van der Waals surface area contributed by atoms with Crippen molar-refractivity contribution >= 4 is 17.4 Å². The molecule has 4 heteroatoms. The molecule has 0 amide bonds. The maximum Gasteiger partial charge on any atom is 0.141 e. The Morgan fingerprint density at radius 2 is 2.21 bits per heavy atom. The van der Waals surface area contributed by atoms with Crippen molar-refractivity contribution in [3.05, 3.63) is 24.1 Å². The molecule has 0 radical (unpaired) electrons. The van der Waals surface area contributed by atoms with Gasteiger partial charge in [-0.2, -0.15) is 0 Å². The molecule has 0 aromatic carbocycles. The molecule has 0 unspecified atom stereocenters. The van der Waals surface area contributed by atoms with Crippen LogP contribution in [0, 0.1) is 5.82 Å². The van der Waals surface area contributed by atoms with Crippen LogP contribution in [0.15, 0.2) is 18.3 Å². The summed E-state index contributed by atoms with van der Waals surface area (Å²) in [4.78, 5) is 6.06. The number of anilines is 1. The van der Waals surface area contributed by atoms with Crippen LogP contribution >= 0.6 is 11.6 Å². The lowest BCUT2D eigenvalue weighted by atomic mass is 10.3. The van der Waals surface area contributed by atoms with Gasteiger partial charge in [0.05, 0.1) is 6.20 Å². The SMILES string of the molecule is CCCN(CCCl)c1ccc(F)cn1. The monoisotopic (exact) mass is 216 g/mol. The second-order valence-electron chi connectivity index (χ2n) is 3.01. The van der Waals surface area contributed by atoms with Gasteiger partial charge in [-0.25, -0.2) is 9.37 Å². The zero-order valence-electron chi connectivity index (χ0n) is 8.21. The Morgan fingerprint density at radius 1 is 1.43 bits per heavy atom. The zero-order valence-corrected chi connectivity index (χ0v) is 8.97. The molecule has 0 saturated carbocycles. The summed E-state index contributed by atoms with van der Waals surface area (Å²) in [6.45, 7) is 3.73. The van der Waals surface area contributed by atoms with Gasteiger partial charge >= 0.3 is 0 Å². The van der Waals surface area contributed by atoms with Crippen molar-refractivity contribution in [2.45, 2.75) is 13.3 Å². The molecule has 0 aliphatic rings. The van der Waals surface area contributed by atoms with E-state index in [9.17, 15) is 4.39 Å². The number of pyridine rings is 1. The normalized spacial score (nSPS) is 10.2. The quantitative estimate of drug-likeness (QED) is 0.704. The molecule has 1 aromatic rings. The van der Waals surface area contributed by atoms with Gasteiger partial charge in [-0.1, -0.05) is 6.92 Å². The average molecular weight is 217 g/mol. The van der Waals surface area contributed by atoms with Crippen molar-refractivity contribution in [3.8, 4) is 0 Å². The molecule has 2 nitrogen and oxygen atoms in total. The maximum absolute atomic E-state index is 12.6. The van der Waals surface area contributed by atoms with Crippen molar-refractivity contribution in [2.24, 2.45) is 0 Å². The van der Waals surface area contributed by atoms with E-state index in [-0.39, 0.29) is 5.82 Å². The van der Waals surface area contributed by atoms with E-state index in [0.29, 0.717) is 5.88 Å². The fourth-order valence-corrected chi connectivity index (χ4v) is 1.47. The number of nitrogens with zero attached hydrogens (tertiary/aromatic N) is 2. The Kier molecular flexibility index (Phi) is 4.66. The Balaban J connectivity index is 2.71. The minimum Gasteiger partial charge on any atom is -0.355 e. The average Bonchev–Trinajstić information content (AvgIpc) is 2.19. The Labute approximate surface area is 88.7 Å². The fraction of sp³-hybridized carbons (Fsp3) is 0.500. The molecule has 0 N–H and O–H groups in total. The summed E-state index contributed by atoms with van der Waals surface area (Å²) in [5.74, 6) is 1.03. The summed E-state index contributed by atoms with van der Waals surface area (Å²) < 4.78 is 12.6. The topological polar surface area (TPSA) is 16.1 Å². The van der Waals surface area contributed by atoms with Crippen LogP contribution in [0.3, 0.4) is 0 Å². The van der Waals surface area contributed by atoms with Crippen LogP contribution < -0.4 is 4.90 Å². The Morgan fingerprint density at radius 3 is 2.71 bits per heavy atom. The first-order chi connectivity index (χ1) is 6.77. The highest BCUT2D eigenvalue weighted by Crippen LogP contribution is 2.11. The van der Waals surface area contributed by atoms with Crippen LogP contribution in [0.25, 0.3) is 0 Å². The Bertz CT molecular complexity index is 257. The van der Waals surface area contributed by atoms with Gasteiger partial charge in [-0.3, -0.25) is 0 Å². The fourth-order valence-electron chi connectivity index (χ4n) is 1.27. The molecule has 78 valence electrons. The zero-order chi connectivity index (χ0) is 10.4. The third-order valence-corrected chi connectivity index (χ3v) is 2.05. The standard InChI is InChI=1S/C10H14ClFN2/c1-2-6-14(7-5-11)10-4-3-9(12)8-13-10/h3-4,8H,2,5-7H2,1H3. The molecule has 14 heavy (non-hydrogen) atoms. The molecule has 0 spiro atoms. The second kappa shape index (κ2) is 5.81. The second-order valence-corrected chi connectivity index (χ2v) is 3.39. The summed E-state index contributed by atoms with van der Waals surface area (Å²) >= 11 is 5.67. The summed E-state index contributed by atoms with van der Waals surface area (Å²) in [5, 5.41) is 0. The lowest BCUT2D eigenvalue weighted by Crippen LogP contribution is -2.27. The minimum atomic E-state index is -0.309. The van der Waals surface area contributed by atoms with E-state index < -0.39 is 0 Å². The predicted molar refractivity (Wildman–Crippen MR) is 57.4 cm³/mol. The summed E-state index contributed by atoms with van der Waals surface area (Å²) in [5.41, 5.74) is 0. The van der Waals surface area contributed by atoms with E-state index in [2.05, 4.69) is 11.9 Å². The molecule has 0 atom stereocenters. The number of aromatic nitrogens is 1. The van der Waals surface area contributed by atoms with Crippen LogP contribution in [-0.2, 0) is 0 Å². The van der Waals surface area contributed by atoms with E-state index in [1.54, 1.807) is 6.07 Å². The predicted octanol–water partition coefficient (Wildman–Crippen LogP) is 2.68. The highest BCUT2D eigenvalue weighted by atomic mass is 35.5. The molecule has 0 saturated heterocycles. The third kappa shape index (κ3) is 3.14. The van der Waals surface area contributed by atoms with Gasteiger partial charge in [0.15, 0.2) is 0 Å². The minimum absolute atomic E-state index is 0.309. The van der Waals surface area contributed by atoms with E-state index >= 15 is 0 Å². The number of alkyl halides is 1. The molecule has 0 aliphatic carbocycles. The first-order valence-electron chi connectivity index (χ1n) is 4.70. The van der Waals surface area contributed by atoms with Crippen molar-refractivity contribution < 1.29 is 4.39 Å². The van der Waals surface area contributed by atoms with Gasteiger partial charge < -0.3 is 4.90 Å². The van der Waals surface area contributed by atoms with Gasteiger partial charge in [0, 0.05) is 19.0 Å². The molecular formula is C10H14ClFN2. The van der Waals surface area contributed by atoms with Gasteiger partial charge in [-0.05, 0) is 18.6 Å². The van der Waals surface area contributed by atoms with Gasteiger partial charge in [-0.15, -0.1) is 11.6 Å². The van der Waals surface area contributed by atoms with Crippen molar-refractivity contribution in [2.75, 3.05) is 23.9 Å². The first kappa shape index (κ1) is 11.2. The van der Waals surface area contributed by atoms with Crippen molar-refractivity contribution in [1.29, 1.82) is 0 Å². The number of rotatable bonds is 5. The Hall–Kier alpha value is -0.830. The summed E-state index contributed by atoms with van der Waals surface area (Å²) in [6, 6.07) is 3.09. The van der Waals surface area contributed by atoms with Crippen LogP contribution in [0.2, 0.25) is 0 Å². The van der Waals surface area contributed by atoms with Crippen molar-refractivity contribution in [3.63, 3.8) is 0 Å². The summed E-state index contributed by atoms with van der Waals surface area (Å²) in [7, 11) is 0. The molecule has 1 rings (SSSR count). The van der Waals surface area contributed by atoms with Crippen LogP contribution in [0.5, 0.6) is 0 Å². The van der Waals surface area contributed by atoms with E-state index in [1.165, 1.54) is 12.3 Å². The maximum atomic E-state index is 12.6. The molecule has 1 heterocycles. The highest BCUT2D eigenvalue weighted by Gasteiger charge is 2.05. The van der Waals surface area contributed by atoms with E-state index in [1.807, 2.05) is 4.90 Å². The molecule has 0 aliphatic heterocycles. The smallest absolute Gasteiger partial charge is 0.141 e. The number of hydrogen-bond donors (Lipinski definition) is 0. The molecular weight excluding hydrogens is 203 g/mol. The largest absolute Gasteiger partial charge is 0.355 e. The molecule has 0 bridgehead atoms. The highest BCUT2D eigenvalue weighted by molar-refractivity contribution is 6.18. The van der Waals surface area contributed by atoms with Crippen LogP contribution in [0.1, 0.15) is 13.3 Å². The number of hydrogen-bond acceptors (Lipinski definition) is 2. The van der Waals surface area contributed by atoms with Gasteiger partial charge in [0.25, 0.3) is 0 Å². The van der Waals surface area contributed by atoms with E-state index in [4.69, 9.17) is 11.6 Å². The summed E-state index contributed by atoms with van der Waals surface area (Å²) in [6.07, 6.45) is 2.25. The third-order valence-electron chi connectivity index (χ3n) is 1.88. The van der Waals surface area contributed by atoms with E-state index in [0.717, 1.165) is 25.3 Å². The van der Waals surface area contributed by atoms with Crippen molar-refractivity contribution in [1.82, 2.24) is 4.98 Å². The number of halogens is 2. The van der Waals surface area contributed by atoms with Gasteiger partial charge in [0.1, 0.15) is 11.6 Å². The van der Waals surface area contributed by atoms with Gasteiger partial charge in [0.2, 0.25) is 0 Å². The molecule has 0 fully saturated rings. The molecule has 1 aromatic heterocycles. The lowest BCUT2D eigenvalue weighted by Gasteiger charge is -2.21. The first-order valence-corrected chi connectivity index (χ1v) is 5.24. The van der Waals surface area contributed by atoms with Crippen LogP contribution in [-0.4, -0.2) is 24.0 Å².